The second-order valence-electron chi connectivity index (χ2n) is 4.57. The van der Waals surface area contributed by atoms with Crippen LogP contribution in [0.5, 0.6) is 0 Å². The molecule has 1 N–H and O–H groups in total. The van der Waals surface area contributed by atoms with Gasteiger partial charge in [-0.15, -0.1) is 11.3 Å². The Kier molecular flexibility index (Phi) is 4.07. The van der Waals surface area contributed by atoms with E-state index >= 15 is 0 Å². The van der Waals surface area contributed by atoms with Crippen LogP contribution in [0.2, 0.25) is 0 Å². The van der Waals surface area contributed by atoms with E-state index in [9.17, 15) is 4.79 Å². The molecule has 0 aliphatic carbocycles. The summed E-state index contributed by atoms with van der Waals surface area (Å²) in [6.45, 7) is 0.485. The molecule has 0 unspecified atom stereocenters. The van der Waals surface area contributed by atoms with Crippen molar-refractivity contribution in [2.24, 2.45) is 0 Å². The molecule has 1 amide bonds. The van der Waals surface area contributed by atoms with Crippen molar-refractivity contribution in [2.45, 2.75) is 6.54 Å². The van der Waals surface area contributed by atoms with E-state index in [1.165, 1.54) is 11.3 Å². The van der Waals surface area contributed by atoms with Crippen molar-refractivity contribution in [3.63, 3.8) is 0 Å². The fourth-order valence-corrected chi connectivity index (χ4v) is 2.93. The third kappa shape index (κ3) is 3.17. The Bertz CT molecular complexity index is 723. The molecule has 4 heteroatoms. The zero-order chi connectivity index (χ0) is 14.5. The largest absolute Gasteiger partial charge is 0.347 e. The summed E-state index contributed by atoms with van der Waals surface area (Å²) in [7, 11) is 0. The molecule has 0 atom stereocenters. The van der Waals surface area contributed by atoms with Gasteiger partial charge in [0.05, 0.1) is 4.88 Å². The molecule has 0 radical (unpaired) electrons. The number of carbonyl (C=O) groups excluding carboxylic acids is 1. The number of hydrogen-bond donors (Lipinski definition) is 1. The second kappa shape index (κ2) is 6.33. The van der Waals surface area contributed by atoms with E-state index in [-0.39, 0.29) is 5.91 Å². The SMILES string of the molecule is O=C(NCc1cccnc1)c1sccc1-c1ccccc1. The molecule has 0 saturated heterocycles. The first-order valence-corrected chi connectivity index (χ1v) is 7.52. The van der Waals surface area contributed by atoms with Crippen molar-refractivity contribution in [3.8, 4) is 11.1 Å². The molecule has 1 aromatic carbocycles. The number of pyridine rings is 1. The average molecular weight is 294 g/mol. The van der Waals surface area contributed by atoms with Crippen LogP contribution in [-0.2, 0) is 6.54 Å². The van der Waals surface area contributed by atoms with Crippen molar-refractivity contribution >= 4 is 17.2 Å². The fraction of sp³-hybridized carbons (Fsp3) is 0.0588. The minimum absolute atomic E-state index is 0.0484. The van der Waals surface area contributed by atoms with E-state index in [0.29, 0.717) is 6.54 Å². The average Bonchev–Trinajstić information content (AvgIpc) is 3.04. The van der Waals surface area contributed by atoms with Crippen LogP contribution in [-0.4, -0.2) is 10.9 Å². The van der Waals surface area contributed by atoms with Crippen molar-refractivity contribution < 1.29 is 4.79 Å². The number of nitrogens with one attached hydrogen (secondary N) is 1. The molecule has 104 valence electrons. The topological polar surface area (TPSA) is 42.0 Å². The van der Waals surface area contributed by atoms with Crippen LogP contribution in [0.15, 0.2) is 66.3 Å². The lowest BCUT2D eigenvalue weighted by Gasteiger charge is -2.06. The highest BCUT2D eigenvalue weighted by Gasteiger charge is 2.14. The number of aromatic nitrogens is 1. The standard InChI is InChI=1S/C17H14N2OS/c20-17(19-12-13-5-4-9-18-11-13)16-15(8-10-21-16)14-6-2-1-3-7-14/h1-11H,12H2,(H,19,20). The van der Waals surface area contributed by atoms with Gasteiger partial charge in [0, 0.05) is 24.5 Å². The van der Waals surface area contributed by atoms with Gasteiger partial charge < -0.3 is 5.32 Å². The van der Waals surface area contributed by atoms with Gasteiger partial charge >= 0.3 is 0 Å². The third-order valence-corrected chi connectivity index (χ3v) is 4.05. The first-order chi connectivity index (χ1) is 10.3. The van der Waals surface area contributed by atoms with Crippen molar-refractivity contribution in [1.82, 2.24) is 10.3 Å². The number of thiophene rings is 1. The minimum Gasteiger partial charge on any atom is -0.347 e. The summed E-state index contributed by atoms with van der Waals surface area (Å²) in [6.07, 6.45) is 3.48. The highest BCUT2D eigenvalue weighted by molar-refractivity contribution is 7.12. The molecule has 3 aromatic rings. The number of rotatable bonds is 4. The molecule has 2 heterocycles. The number of carbonyl (C=O) groups is 1. The number of amides is 1. The Balaban J connectivity index is 1.76. The van der Waals surface area contributed by atoms with Crippen molar-refractivity contribution in [2.75, 3.05) is 0 Å². The molecule has 0 aliphatic heterocycles. The van der Waals surface area contributed by atoms with E-state index in [0.717, 1.165) is 21.6 Å². The summed E-state index contributed by atoms with van der Waals surface area (Å²) < 4.78 is 0. The Hall–Kier alpha value is -2.46. The lowest BCUT2D eigenvalue weighted by molar-refractivity contribution is 0.0955. The van der Waals surface area contributed by atoms with Gasteiger partial charge in [-0.3, -0.25) is 9.78 Å². The van der Waals surface area contributed by atoms with Gasteiger partial charge in [0.25, 0.3) is 5.91 Å². The summed E-state index contributed by atoms with van der Waals surface area (Å²) in [6, 6.07) is 15.7. The van der Waals surface area contributed by atoms with Gasteiger partial charge in [0.2, 0.25) is 0 Å². The predicted octanol–water partition coefficient (Wildman–Crippen LogP) is 3.74. The van der Waals surface area contributed by atoms with Gasteiger partial charge in [-0.1, -0.05) is 36.4 Å². The maximum absolute atomic E-state index is 12.4. The molecule has 0 saturated carbocycles. The molecule has 21 heavy (non-hydrogen) atoms. The monoisotopic (exact) mass is 294 g/mol. The summed E-state index contributed by atoms with van der Waals surface area (Å²) in [4.78, 5) is 17.1. The highest BCUT2D eigenvalue weighted by Crippen LogP contribution is 2.28. The normalized spacial score (nSPS) is 10.3. The number of hydrogen-bond acceptors (Lipinski definition) is 3. The second-order valence-corrected chi connectivity index (χ2v) is 5.49. The van der Waals surface area contributed by atoms with Crippen molar-refractivity contribution in [1.29, 1.82) is 0 Å². The molecule has 2 aromatic heterocycles. The molecule has 0 fully saturated rings. The van der Waals surface area contributed by atoms with Crippen LogP contribution >= 0.6 is 11.3 Å². The molecular weight excluding hydrogens is 280 g/mol. The van der Waals surface area contributed by atoms with Crippen LogP contribution in [0, 0.1) is 0 Å². The lowest BCUT2D eigenvalue weighted by atomic mass is 10.1. The Morgan fingerprint density at radius 3 is 2.71 bits per heavy atom. The molecule has 3 rings (SSSR count). The van der Waals surface area contributed by atoms with Gasteiger partial charge in [-0.25, -0.2) is 0 Å². The van der Waals surface area contributed by atoms with Crippen LogP contribution in [0.1, 0.15) is 15.2 Å². The molecule has 0 bridgehead atoms. The molecule has 0 aliphatic rings. The Labute approximate surface area is 127 Å². The maximum Gasteiger partial charge on any atom is 0.262 e. The van der Waals surface area contributed by atoms with E-state index in [1.54, 1.807) is 12.4 Å². The number of nitrogens with zero attached hydrogens (tertiary/aromatic N) is 1. The van der Waals surface area contributed by atoms with Crippen LogP contribution < -0.4 is 5.32 Å². The summed E-state index contributed by atoms with van der Waals surface area (Å²) in [5, 5.41) is 4.89. The Morgan fingerprint density at radius 1 is 1.10 bits per heavy atom. The highest BCUT2D eigenvalue weighted by atomic mass is 32.1. The summed E-state index contributed by atoms with van der Waals surface area (Å²) in [5.74, 6) is -0.0484. The summed E-state index contributed by atoms with van der Waals surface area (Å²) in [5.41, 5.74) is 3.03. The minimum atomic E-state index is -0.0484. The van der Waals surface area contributed by atoms with E-state index in [1.807, 2.05) is 53.9 Å². The van der Waals surface area contributed by atoms with E-state index < -0.39 is 0 Å². The van der Waals surface area contributed by atoms with E-state index in [2.05, 4.69) is 10.3 Å². The third-order valence-electron chi connectivity index (χ3n) is 3.13. The maximum atomic E-state index is 12.4. The van der Waals surface area contributed by atoms with Gasteiger partial charge in [-0.05, 0) is 28.6 Å². The fourth-order valence-electron chi connectivity index (χ4n) is 2.10. The smallest absolute Gasteiger partial charge is 0.262 e. The van der Waals surface area contributed by atoms with Gasteiger partial charge in [-0.2, -0.15) is 0 Å². The summed E-state index contributed by atoms with van der Waals surface area (Å²) >= 11 is 1.46. The zero-order valence-electron chi connectivity index (χ0n) is 11.3. The molecular formula is C17H14N2OS. The first-order valence-electron chi connectivity index (χ1n) is 6.64. The van der Waals surface area contributed by atoms with Crippen LogP contribution in [0.3, 0.4) is 0 Å². The van der Waals surface area contributed by atoms with Gasteiger partial charge in [0.1, 0.15) is 0 Å². The van der Waals surface area contributed by atoms with Crippen LogP contribution in [0.25, 0.3) is 11.1 Å². The van der Waals surface area contributed by atoms with Crippen LogP contribution in [0.4, 0.5) is 0 Å². The lowest BCUT2D eigenvalue weighted by Crippen LogP contribution is -2.22. The molecule has 3 nitrogen and oxygen atoms in total. The van der Waals surface area contributed by atoms with E-state index in [4.69, 9.17) is 0 Å². The van der Waals surface area contributed by atoms with Crippen molar-refractivity contribution in [3.05, 3.63) is 76.7 Å². The molecule has 0 spiro atoms. The Morgan fingerprint density at radius 2 is 1.95 bits per heavy atom. The number of benzene rings is 1. The van der Waals surface area contributed by atoms with Gasteiger partial charge in [0.15, 0.2) is 0 Å². The predicted molar refractivity (Wildman–Crippen MR) is 85.2 cm³/mol. The first kappa shape index (κ1) is 13.5. The zero-order valence-corrected chi connectivity index (χ0v) is 12.1. The quantitative estimate of drug-likeness (QED) is 0.796.